The van der Waals surface area contributed by atoms with Gasteiger partial charge in [0, 0.05) is 41.4 Å². The lowest BCUT2D eigenvalue weighted by molar-refractivity contribution is -0.149. The number of aromatic nitrogens is 2. The summed E-state index contributed by atoms with van der Waals surface area (Å²) in [5.41, 5.74) is 0.939. The Balaban J connectivity index is 0.000000212. The quantitative estimate of drug-likeness (QED) is 0.220. The van der Waals surface area contributed by atoms with Crippen molar-refractivity contribution in [1.29, 1.82) is 0 Å². The summed E-state index contributed by atoms with van der Waals surface area (Å²) in [6.07, 6.45) is 8.17. The lowest BCUT2D eigenvalue weighted by Gasteiger charge is -2.23. The number of carboxylic acid groups (broad SMARTS) is 1. The molecule has 0 spiro atoms. The number of aliphatic hydroxyl groups is 1. The van der Waals surface area contributed by atoms with E-state index < -0.39 is 5.97 Å². The maximum absolute atomic E-state index is 12.7. The number of β-amino-alcohol motifs (C(OH)–C–C–N with tert-alkyl or cyclic N) is 1. The molecule has 1 aromatic heterocycles. The maximum Gasteiger partial charge on any atom is 0.309 e. The minimum Gasteiger partial charge on any atom is -0.508 e. The van der Waals surface area contributed by atoms with Gasteiger partial charge < -0.3 is 15.3 Å². The van der Waals surface area contributed by atoms with E-state index in [1.165, 1.54) is 18.2 Å². The number of nitrogens with one attached hydrogen (secondary N) is 1. The normalized spacial score (nSPS) is 15.6. The zero-order valence-electron chi connectivity index (χ0n) is 16.9. The number of phenols is 1. The molecular weight excluding hydrogens is 439 g/mol. The highest BCUT2D eigenvalue weighted by Crippen LogP contribution is 2.26. The van der Waals surface area contributed by atoms with Crippen LogP contribution in [0.15, 0.2) is 47.4 Å². The molecule has 0 radical (unpaired) electrons. The number of hydrazine groups is 1. The third-order valence-electron chi connectivity index (χ3n) is 4.33. The number of aliphatic carboxylic acids is 1. The lowest BCUT2D eigenvalue weighted by Crippen LogP contribution is -2.34. The second kappa shape index (κ2) is 12.0. The van der Waals surface area contributed by atoms with Crippen molar-refractivity contribution < 1.29 is 29.7 Å². The summed E-state index contributed by atoms with van der Waals surface area (Å²) < 4.78 is 13.8. The predicted octanol–water partition coefficient (Wildman–Crippen LogP) is 2.65. The average molecular weight is 463 g/mol. The number of H-pyrrole nitrogens is 1. The van der Waals surface area contributed by atoms with Gasteiger partial charge in [-0.2, -0.15) is 5.10 Å². The van der Waals surface area contributed by atoms with E-state index in [9.17, 15) is 19.5 Å². The Hall–Kier alpha value is -3.14. The maximum atomic E-state index is 12.7. The van der Waals surface area contributed by atoms with Crippen molar-refractivity contribution in [1.82, 2.24) is 19.8 Å². The van der Waals surface area contributed by atoms with E-state index in [2.05, 4.69) is 23.0 Å². The van der Waals surface area contributed by atoms with E-state index in [1.807, 2.05) is 0 Å². The number of benzene rings is 2. The van der Waals surface area contributed by atoms with Crippen LogP contribution in [0.25, 0.3) is 10.9 Å². The first-order chi connectivity index (χ1) is 15.3. The molecule has 11 heteroatoms. The highest BCUT2D eigenvalue weighted by molar-refractivity contribution is 7.96. The van der Waals surface area contributed by atoms with Gasteiger partial charge in [0.1, 0.15) is 11.6 Å². The Kier molecular flexibility index (Phi) is 9.45. The molecule has 1 saturated heterocycles. The van der Waals surface area contributed by atoms with Gasteiger partial charge in [-0.25, -0.2) is 9.40 Å². The van der Waals surface area contributed by atoms with E-state index in [0.29, 0.717) is 36.1 Å². The number of halogens is 1. The van der Waals surface area contributed by atoms with Crippen molar-refractivity contribution in [3.05, 3.63) is 54.0 Å². The zero-order chi connectivity index (χ0) is 23.7. The fourth-order valence-electron chi connectivity index (χ4n) is 2.86. The molecule has 0 aliphatic carbocycles. The fraction of sp³-hybridized carbons (Fsp3) is 0.238. The number of aromatic amines is 1. The van der Waals surface area contributed by atoms with E-state index in [4.69, 9.17) is 10.2 Å². The molecule has 0 saturated carbocycles. The molecule has 3 aromatic rings. The summed E-state index contributed by atoms with van der Waals surface area (Å²) in [5, 5.41) is 45.4. The number of carbonyl (C=O) groups is 1. The fourth-order valence-corrected chi connectivity index (χ4v) is 3.57. The van der Waals surface area contributed by atoms with E-state index in [-0.39, 0.29) is 24.1 Å². The minimum absolute atomic E-state index is 0.137. The van der Waals surface area contributed by atoms with Crippen LogP contribution < -0.4 is 0 Å². The van der Waals surface area contributed by atoms with Gasteiger partial charge in [-0.05, 0) is 42.8 Å². The number of hydrogen-bond donors (Lipinski definition) is 5. The van der Waals surface area contributed by atoms with Gasteiger partial charge in [0.25, 0.3) is 0 Å². The van der Waals surface area contributed by atoms with Crippen LogP contribution in [-0.2, 0) is 11.2 Å². The number of phenolic OH excluding ortho intramolecular Hbond substituents is 1. The van der Waals surface area contributed by atoms with Crippen LogP contribution in [-0.4, -0.2) is 65.5 Å². The van der Waals surface area contributed by atoms with Crippen LogP contribution in [0.5, 0.6) is 5.75 Å². The molecule has 0 amide bonds. The molecule has 170 valence electrons. The van der Waals surface area contributed by atoms with E-state index >= 15 is 0 Å². The molecule has 0 unspecified atom stereocenters. The monoisotopic (exact) mass is 462 g/mol. The summed E-state index contributed by atoms with van der Waals surface area (Å²) in [7, 11) is 0. The van der Waals surface area contributed by atoms with Crippen molar-refractivity contribution >= 4 is 28.8 Å². The van der Waals surface area contributed by atoms with Crippen LogP contribution in [0.2, 0.25) is 0 Å². The number of rotatable bonds is 5. The molecule has 1 atom stereocenters. The molecule has 2 aromatic carbocycles. The molecule has 32 heavy (non-hydrogen) atoms. The molecular formula is C21H23FN4O5S. The first-order valence-electron chi connectivity index (χ1n) is 9.38. The molecule has 0 bridgehead atoms. The molecule has 1 aliphatic rings. The Labute approximate surface area is 188 Å². The topological polar surface area (TPSA) is 133 Å². The van der Waals surface area contributed by atoms with Crippen LogP contribution in [0.1, 0.15) is 12.1 Å². The highest BCUT2D eigenvalue weighted by atomic mass is 32.2. The van der Waals surface area contributed by atoms with Crippen molar-refractivity contribution in [2.75, 3.05) is 13.1 Å². The number of aromatic hydroxyl groups is 1. The van der Waals surface area contributed by atoms with Gasteiger partial charge in [-0.15, -0.1) is 12.8 Å². The van der Waals surface area contributed by atoms with E-state index in [0.717, 1.165) is 21.4 Å². The van der Waals surface area contributed by atoms with E-state index in [1.54, 1.807) is 29.3 Å². The molecule has 5 N–H and O–H groups in total. The summed E-state index contributed by atoms with van der Waals surface area (Å²) in [5.74, 6) is -1.13. The van der Waals surface area contributed by atoms with Gasteiger partial charge in [-0.1, -0.05) is 4.58 Å². The van der Waals surface area contributed by atoms with Crippen LogP contribution in [0.3, 0.4) is 0 Å². The Morgan fingerprint density at radius 1 is 1.28 bits per heavy atom. The Morgan fingerprint density at radius 3 is 2.56 bits per heavy atom. The van der Waals surface area contributed by atoms with Crippen LogP contribution >= 0.6 is 11.9 Å². The first kappa shape index (κ1) is 25.1. The van der Waals surface area contributed by atoms with Crippen LogP contribution in [0, 0.1) is 18.7 Å². The first-order valence-corrected chi connectivity index (χ1v) is 10.2. The summed E-state index contributed by atoms with van der Waals surface area (Å²) in [6.45, 7) is 1.09. The summed E-state index contributed by atoms with van der Waals surface area (Å²) in [4.78, 5) is 11.3. The Morgan fingerprint density at radius 2 is 1.97 bits per heavy atom. The van der Waals surface area contributed by atoms with Crippen molar-refractivity contribution in [2.45, 2.75) is 23.8 Å². The van der Waals surface area contributed by atoms with Gasteiger partial charge in [0.2, 0.25) is 0 Å². The van der Waals surface area contributed by atoms with Gasteiger partial charge >= 0.3 is 5.97 Å². The number of hydrogen-bond acceptors (Lipinski definition) is 8. The predicted molar refractivity (Wildman–Crippen MR) is 117 cm³/mol. The number of aliphatic hydroxyl groups excluding tert-OH is 1. The standard InChI is InChI=1S/C10H14N2O3S.C9H7FN2O2.C2H2/c13-8-1-3-10(4-2-8)16-12(15)11-6-5-9(14)7-11;10-5-1-2-6-7(3-5)11-12-8(6)4-9(13)14;1-2/h1-4,9,13-15H,5-7H2;1-3H,4H2,(H,11,12)(H,13,14);1-2H/t9-;;/m1../s1. The number of terminal acetylenes is 1. The molecule has 1 aliphatic heterocycles. The second-order valence-corrected chi connectivity index (χ2v) is 7.61. The third kappa shape index (κ3) is 7.23. The number of fused-ring (bicyclic) bond motifs is 1. The van der Waals surface area contributed by atoms with Crippen molar-refractivity contribution in [3.8, 4) is 18.6 Å². The molecule has 1 fully saturated rings. The third-order valence-corrected chi connectivity index (χ3v) is 5.21. The largest absolute Gasteiger partial charge is 0.508 e. The number of nitrogens with zero attached hydrogens (tertiary/aromatic N) is 3. The summed E-state index contributed by atoms with van der Waals surface area (Å²) >= 11 is 1.14. The smallest absolute Gasteiger partial charge is 0.309 e. The number of carboxylic acids is 1. The molecule has 4 rings (SSSR count). The van der Waals surface area contributed by atoms with Gasteiger partial charge in [0.15, 0.2) is 0 Å². The van der Waals surface area contributed by atoms with Crippen LogP contribution in [0.4, 0.5) is 4.39 Å². The average Bonchev–Trinajstić information content (AvgIpc) is 3.37. The SMILES string of the molecule is C#C.O=C(O)Cc1[nH]nc2cc(F)ccc12.Oc1ccc(SN(O)N2CC[C@@H](O)C2)cc1. The molecule has 2 heterocycles. The summed E-state index contributed by atoms with van der Waals surface area (Å²) in [6, 6.07) is 10.6. The van der Waals surface area contributed by atoms with Crippen molar-refractivity contribution in [2.24, 2.45) is 0 Å². The molecule has 9 nitrogen and oxygen atoms in total. The van der Waals surface area contributed by atoms with Gasteiger partial charge in [-0.3, -0.25) is 15.1 Å². The Bertz CT molecular complexity index is 1040. The highest BCUT2D eigenvalue weighted by Gasteiger charge is 2.25. The second-order valence-electron chi connectivity index (χ2n) is 6.63. The van der Waals surface area contributed by atoms with Gasteiger partial charge in [0.05, 0.1) is 23.7 Å². The zero-order valence-corrected chi connectivity index (χ0v) is 17.7. The lowest BCUT2D eigenvalue weighted by atomic mass is 10.2. The van der Waals surface area contributed by atoms with Crippen molar-refractivity contribution in [3.63, 3.8) is 0 Å². The minimum atomic E-state index is -0.945.